The second-order valence-corrected chi connectivity index (χ2v) is 6.21. The minimum absolute atomic E-state index is 0.148. The molecule has 1 unspecified atom stereocenters. The van der Waals surface area contributed by atoms with Gasteiger partial charge in [0.25, 0.3) is 0 Å². The summed E-state index contributed by atoms with van der Waals surface area (Å²) < 4.78 is 0. The highest BCUT2D eigenvalue weighted by molar-refractivity contribution is 5.97. The normalized spacial score (nSPS) is 14.6. The number of carbonyl (C=O) groups is 2. The standard InChI is InChI=1S/C20H20N4O2/c1-14(20(26)23-18-6-3-2-5-15(18)13-21)22-16-8-10-17(11-9-16)24-12-4-7-19(24)25/h2-3,5-6,8-11,14,22H,4,7,12H2,1H3,(H,23,26). The molecular weight excluding hydrogens is 328 g/mol. The van der Waals surface area contributed by atoms with E-state index in [9.17, 15) is 9.59 Å². The van der Waals surface area contributed by atoms with Crippen LogP contribution in [-0.2, 0) is 9.59 Å². The minimum atomic E-state index is -0.485. The SMILES string of the molecule is CC(Nc1ccc(N2CCCC2=O)cc1)C(=O)Nc1ccccc1C#N. The molecule has 2 amide bonds. The van der Waals surface area contributed by atoms with Crippen LogP contribution in [0.25, 0.3) is 0 Å². The van der Waals surface area contributed by atoms with Crippen LogP contribution in [0.4, 0.5) is 17.1 Å². The first-order chi connectivity index (χ1) is 12.6. The zero-order valence-corrected chi connectivity index (χ0v) is 14.5. The maximum Gasteiger partial charge on any atom is 0.246 e. The van der Waals surface area contributed by atoms with Gasteiger partial charge in [-0.3, -0.25) is 9.59 Å². The molecule has 0 radical (unpaired) electrons. The van der Waals surface area contributed by atoms with E-state index in [-0.39, 0.29) is 11.8 Å². The maximum atomic E-state index is 12.4. The lowest BCUT2D eigenvalue weighted by molar-refractivity contribution is -0.117. The van der Waals surface area contributed by atoms with Gasteiger partial charge in [0.05, 0.1) is 11.3 Å². The fourth-order valence-corrected chi connectivity index (χ4v) is 2.90. The first kappa shape index (κ1) is 17.5. The molecule has 2 aromatic carbocycles. The van der Waals surface area contributed by atoms with Crippen molar-refractivity contribution in [2.75, 3.05) is 22.1 Å². The molecule has 2 aromatic rings. The van der Waals surface area contributed by atoms with Gasteiger partial charge in [-0.25, -0.2) is 0 Å². The summed E-state index contributed by atoms with van der Waals surface area (Å²) in [6.07, 6.45) is 1.49. The maximum absolute atomic E-state index is 12.4. The van der Waals surface area contributed by atoms with Gasteiger partial charge in [0.1, 0.15) is 12.1 Å². The first-order valence-corrected chi connectivity index (χ1v) is 8.55. The second-order valence-electron chi connectivity index (χ2n) is 6.21. The zero-order chi connectivity index (χ0) is 18.5. The van der Waals surface area contributed by atoms with E-state index in [1.807, 2.05) is 24.3 Å². The Morgan fingerprint density at radius 2 is 1.92 bits per heavy atom. The third-order valence-corrected chi connectivity index (χ3v) is 4.33. The number of rotatable bonds is 5. The number of amides is 2. The molecule has 132 valence electrons. The lowest BCUT2D eigenvalue weighted by Gasteiger charge is -2.18. The van der Waals surface area contributed by atoms with Gasteiger partial charge in [0, 0.05) is 24.3 Å². The predicted molar refractivity (Wildman–Crippen MR) is 101 cm³/mol. The van der Waals surface area contributed by atoms with Gasteiger partial charge in [-0.05, 0) is 49.7 Å². The third kappa shape index (κ3) is 3.83. The van der Waals surface area contributed by atoms with Crippen molar-refractivity contribution in [2.24, 2.45) is 0 Å². The molecule has 1 atom stereocenters. The molecule has 1 saturated heterocycles. The Morgan fingerprint density at radius 1 is 1.19 bits per heavy atom. The molecule has 0 saturated carbocycles. The Bertz CT molecular complexity index is 855. The van der Waals surface area contributed by atoms with Crippen LogP contribution in [0.15, 0.2) is 48.5 Å². The van der Waals surface area contributed by atoms with Crippen molar-refractivity contribution < 1.29 is 9.59 Å². The quantitative estimate of drug-likeness (QED) is 0.869. The molecule has 0 aromatic heterocycles. The summed E-state index contributed by atoms with van der Waals surface area (Å²) in [6.45, 7) is 2.50. The van der Waals surface area contributed by atoms with E-state index in [2.05, 4.69) is 16.7 Å². The average Bonchev–Trinajstić information content (AvgIpc) is 3.08. The van der Waals surface area contributed by atoms with E-state index in [4.69, 9.17) is 5.26 Å². The lowest BCUT2D eigenvalue weighted by Crippen LogP contribution is -2.32. The summed E-state index contributed by atoms with van der Waals surface area (Å²) in [5, 5.41) is 15.0. The van der Waals surface area contributed by atoms with E-state index in [1.165, 1.54) is 0 Å². The topological polar surface area (TPSA) is 85.2 Å². The Balaban J connectivity index is 1.62. The predicted octanol–water partition coefficient (Wildman–Crippen LogP) is 3.12. The molecule has 2 N–H and O–H groups in total. The average molecular weight is 348 g/mol. The number of hydrogen-bond acceptors (Lipinski definition) is 4. The molecule has 1 fully saturated rings. The van der Waals surface area contributed by atoms with Crippen molar-refractivity contribution in [3.63, 3.8) is 0 Å². The lowest BCUT2D eigenvalue weighted by atomic mass is 10.2. The number of carbonyl (C=O) groups excluding carboxylic acids is 2. The summed E-state index contributed by atoms with van der Waals surface area (Å²) in [5.74, 6) is -0.0823. The minimum Gasteiger partial charge on any atom is -0.374 e. The van der Waals surface area contributed by atoms with Crippen LogP contribution >= 0.6 is 0 Å². The van der Waals surface area contributed by atoms with Crippen molar-refractivity contribution in [1.82, 2.24) is 0 Å². The summed E-state index contributed by atoms with van der Waals surface area (Å²) in [5.41, 5.74) is 2.58. The molecular formula is C20H20N4O2. The van der Waals surface area contributed by atoms with Crippen LogP contribution in [0.1, 0.15) is 25.3 Å². The zero-order valence-electron chi connectivity index (χ0n) is 14.5. The molecule has 6 nitrogen and oxygen atoms in total. The van der Waals surface area contributed by atoms with Crippen LogP contribution < -0.4 is 15.5 Å². The summed E-state index contributed by atoms with van der Waals surface area (Å²) in [7, 11) is 0. The summed E-state index contributed by atoms with van der Waals surface area (Å²) >= 11 is 0. The third-order valence-electron chi connectivity index (χ3n) is 4.33. The van der Waals surface area contributed by atoms with E-state index >= 15 is 0 Å². The van der Waals surface area contributed by atoms with Gasteiger partial charge in [0.15, 0.2) is 0 Å². The van der Waals surface area contributed by atoms with E-state index in [0.717, 1.165) is 24.3 Å². The van der Waals surface area contributed by atoms with Crippen molar-refractivity contribution in [3.8, 4) is 6.07 Å². The molecule has 0 aliphatic carbocycles. The number of nitriles is 1. The number of nitrogens with zero attached hydrogens (tertiary/aromatic N) is 2. The number of hydrogen-bond donors (Lipinski definition) is 2. The molecule has 3 rings (SSSR count). The Labute approximate surface area is 152 Å². The Morgan fingerprint density at radius 3 is 2.58 bits per heavy atom. The fourth-order valence-electron chi connectivity index (χ4n) is 2.90. The summed E-state index contributed by atoms with van der Waals surface area (Å²) in [4.78, 5) is 25.9. The van der Waals surface area contributed by atoms with E-state index in [1.54, 1.807) is 36.1 Å². The number of anilines is 3. The number of benzene rings is 2. The van der Waals surface area contributed by atoms with Gasteiger partial charge < -0.3 is 15.5 Å². The molecule has 1 heterocycles. The molecule has 0 bridgehead atoms. The van der Waals surface area contributed by atoms with Gasteiger partial charge in [-0.2, -0.15) is 5.26 Å². The van der Waals surface area contributed by atoms with Gasteiger partial charge in [-0.15, -0.1) is 0 Å². The molecule has 1 aliphatic rings. The van der Waals surface area contributed by atoms with Crippen LogP contribution in [0, 0.1) is 11.3 Å². The van der Waals surface area contributed by atoms with Crippen molar-refractivity contribution in [2.45, 2.75) is 25.8 Å². The van der Waals surface area contributed by atoms with Crippen molar-refractivity contribution in [3.05, 3.63) is 54.1 Å². The van der Waals surface area contributed by atoms with Crippen molar-refractivity contribution >= 4 is 28.9 Å². The largest absolute Gasteiger partial charge is 0.374 e. The van der Waals surface area contributed by atoms with Crippen LogP contribution in [-0.4, -0.2) is 24.4 Å². The Hall–Kier alpha value is -3.33. The van der Waals surface area contributed by atoms with E-state index < -0.39 is 6.04 Å². The smallest absolute Gasteiger partial charge is 0.246 e. The highest BCUT2D eigenvalue weighted by Crippen LogP contribution is 2.23. The van der Waals surface area contributed by atoms with Crippen molar-refractivity contribution in [1.29, 1.82) is 5.26 Å². The van der Waals surface area contributed by atoms with Crippen LogP contribution in [0.5, 0.6) is 0 Å². The number of nitrogens with one attached hydrogen (secondary N) is 2. The highest BCUT2D eigenvalue weighted by Gasteiger charge is 2.21. The fraction of sp³-hybridized carbons (Fsp3) is 0.250. The number of para-hydroxylation sites is 1. The first-order valence-electron chi connectivity index (χ1n) is 8.55. The monoisotopic (exact) mass is 348 g/mol. The van der Waals surface area contributed by atoms with Gasteiger partial charge >= 0.3 is 0 Å². The molecule has 26 heavy (non-hydrogen) atoms. The van der Waals surface area contributed by atoms with E-state index in [0.29, 0.717) is 17.7 Å². The summed E-state index contributed by atoms with van der Waals surface area (Å²) in [6, 6.07) is 15.9. The molecule has 0 spiro atoms. The molecule has 1 aliphatic heterocycles. The Kier molecular flexibility index (Phi) is 5.18. The molecule has 6 heteroatoms. The highest BCUT2D eigenvalue weighted by atomic mass is 16.2. The van der Waals surface area contributed by atoms with Crippen LogP contribution in [0.3, 0.4) is 0 Å². The van der Waals surface area contributed by atoms with Gasteiger partial charge in [0.2, 0.25) is 11.8 Å². The van der Waals surface area contributed by atoms with Crippen LogP contribution in [0.2, 0.25) is 0 Å². The van der Waals surface area contributed by atoms with Gasteiger partial charge in [-0.1, -0.05) is 12.1 Å². The second kappa shape index (κ2) is 7.70.